The molecule has 1 aliphatic carbocycles. The summed E-state index contributed by atoms with van der Waals surface area (Å²) in [4.78, 5) is 0. The summed E-state index contributed by atoms with van der Waals surface area (Å²) < 4.78 is 10.5. The van der Waals surface area contributed by atoms with Gasteiger partial charge in [0.05, 0.1) is 20.3 Å². The first kappa shape index (κ1) is 11.3. The minimum atomic E-state index is -0.369. The van der Waals surface area contributed by atoms with Crippen molar-refractivity contribution in [2.75, 3.05) is 14.2 Å². The predicted octanol–water partition coefficient (Wildman–Crippen LogP) is 2.63. The predicted molar refractivity (Wildman–Crippen MR) is 62.2 cm³/mol. The van der Waals surface area contributed by atoms with Crippen LogP contribution in [-0.2, 0) is 0 Å². The number of fused-ring (bicyclic) bond motifs is 1. The fourth-order valence-corrected chi connectivity index (χ4v) is 2.34. The summed E-state index contributed by atoms with van der Waals surface area (Å²) in [5.41, 5.74) is 2.16. The standard InChI is InChI=1S/C13H18O3/c1-8-4-5-11(14)10-7-13(16-3)12(15-2)6-9(8)10/h6-8,11,14H,4-5H2,1-3H3/t8?,11-/m0/s1. The summed E-state index contributed by atoms with van der Waals surface area (Å²) in [5.74, 6) is 1.90. The molecule has 1 unspecified atom stereocenters. The Kier molecular flexibility index (Phi) is 3.06. The van der Waals surface area contributed by atoms with Crippen LogP contribution in [0.3, 0.4) is 0 Å². The molecule has 1 N–H and O–H groups in total. The van der Waals surface area contributed by atoms with Gasteiger partial charge >= 0.3 is 0 Å². The molecule has 88 valence electrons. The van der Waals surface area contributed by atoms with Crippen LogP contribution in [0.4, 0.5) is 0 Å². The average Bonchev–Trinajstić information content (AvgIpc) is 2.32. The lowest BCUT2D eigenvalue weighted by molar-refractivity contribution is 0.151. The van der Waals surface area contributed by atoms with Crippen molar-refractivity contribution in [3.63, 3.8) is 0 Å². The van der Waals surface area contributed by atoms with Gasteiger partial charge in [-0.2, -0.15) is 0 Å². The van der Waals surface area contributed by atoms with Gasteiger partial charge in [0.25, 0.3) is 0 Å². The highest BCUT2D eigenvalue weighted by atomic mass is 16.5. The Bertz CT molecular complexity index is 350. The Hall–Kier alpha value is -1.22. The summed E-state index contributed by atoms with van der Waals surface area (Å²) in [5, 5.41) is 9.97. The average molecular weight is 222 g/mol. The normalized spacial score (nSPS) is 23.8. The number of hydrogen-bond acceptors (Lipinski definition) is 3. The van der Waals surface area contributed by atoms with E-state index >= 15 is 0 Å². The van der Waals surface area contributed by atoms with Gasteiger partial charge in [-0.15, -0.1) is 0 Å². The van der Waals surface area contributed by atoms with Crippen LogP contribution in [0.1, 0.15) is 42.9 Å². The van der Waals surface area contributed by atoms with Gasteiger partial charge in [0.15, 0.2) is 11.5 Å². The van der Waals surface area contributed by atoms with Crippen LogP contribution >= 0.6 is 0 Å². The zero-order valence-electron chi connectivity index (χ0n) is 9.99. The van der Waals surface area contributed by atoms with E-state index in [0.29, 0.717) is 11.7 Å². The maximum Gasteiger partial charge on any atom is 0.161 e. The van der Waals surface area contributed by atoms with Crippen LogP contribution in [0, 0.1) is 0 Å². The third-order valence-corrected chi connectivity index (χ3v) is 3.35. The Morgan fingerprint density at radius 2 is 1.62 bits per heavy atom. The molecular weight excluding hydrogens is 204 g/mol. The minimum absolute atomic E-state index is 0.369. The molecule has 3 nitrogen and oxygen atoms in total. The van der Waals surface area contributed by atoms with Gasteiger partial charge in [-0.25, -0.2) is 0 Å². The lowest BCUT2D eigenvalue weighted by atomic mass is 9.82. The minimum Gasteiger partial charge on any atom is -0.493 e. The molecular formula is C13H18O3. The van der Waals surface area contributed by atoms with Crippen LogP contribution in [0.5, 0.6) is 11.5 Å². The molecule has 0 saturated carbocycles. The largest absolute Gasteiger partial charge is 0.493 e. The molecule has 1 aliphatic rings. The summed E-state index contributed by atoms with van der Waals surface area (Å²) >= 11 is 0. The van der Waals surface area contributed by atoms with Crippen molar-refractivity contribution in [3.8, 4) is 11.5 Å². The van der Waals surface area contributed by atoms with Crippen molar-refractivity contribution in [3.05, 3.63) is 23.3 Å². The van der Waals surface area contributed by atoms with Gasteiger partial charge in [-0.1, -0.05) is 6.92 Å². The molecule has 0 heterocycles. The SMILES string of the molecule is COc1cc2c(cc1OC)[C@@H](O)CCC2C. The molecule has 0 aliphatic heterocycles. The van der Waals surface area contributed by atoms with Gasteiger partial charge in [-0.05, 0) is 42.0 Å². The number of aliphatic hydroxyl groups is 1. The topological polar surface area (TPSA) is 38.7 Å². The number of aliphatic hydroxyl groups excluding tert-OH is 1. The van der Waals surface area contributed by atoms with E-state index in [9.17, 15) is 5.11 Å². The van der Waals surface area contributed by atoms with Crippen molar-refractivity contribution in [2.45, 2.75) is 31.8 Å². The fraction of sp³-hybridized carbons (Fsp3) is 0.538. The van der Waals surface area contributed by atoms with E-state index in [1.165, 1.54) is 5.56 Å². The van der Waals surface area contributed by atoms with E-state index < -0.39 is 0 Å². The highest BCUT2D eigenvalue weighted by Gasteiger charge is 2.25. The second-order valence-corrected chi connectivity index (χ2v) is 4.33. The van der Waals surface area contributed by atoms with Gasteiger partial charge < -0.3 is 14.6 Å². The van der Waals surface area contributed by atoms with Crippen molar-refractivity contribution in [1.29, 1.82) is 0 Å². The molecule has 0 saturated heterocycles. The zero-order valence-corrected chi connectivity index (χ0v) is 9.99. The Morgan fingerprint density at radius 3 is 2.19 bits per heavy atom. The number of ether oxygens (including phenoxy) is 2. The first-order chi connectivity index (χ1) is 7.67. The molecule has 0 radical (unpaired) electrons. The quantitative estimate of drug-likeness (QED) is 0.836. The smallest absolute Gasteiger partial charge is 0.161 e. The van der Waals surface area contributed by atoms with Gasteiger partial charge in [0.1, 0.15) is 0 Å². The number of benzene rings is 1. The summed E-state index contributed by atoms with van der Waals surface area (Å²) in [6.07, 6.45) is 1.47. The first-order valence-corrected chi connectivity index (χ1v) is 5.61. The zero-order chi connectivity index (χ0) is 11.7. The maximum absolute atomic E-state index is 9.97. The fourth-order valence-electron chi connectivity index (χ4n) is 2.34. The highest BCUT2D eigenvalue weighted by Crippen LogP contribution is 2.42. The number of rotatable bonds is 2. The van der Waals surface area contributed by atoms with E-state index in [1.807, 2.05) is 12.1 Å². The van der Waals surface area contributed by atoms with Crippen molar-refractivity contribution >= 4 is 0 Å². The van der Waals surface area contributed by atoms with E-state index in [4.69, 9.17) is 9.47 Å². The maximum atomic E-state index is 9.97. The lowest BCUT2D eigenvalue weighted by Crippen LogP contribution is -2.13. The number of methoxy groups -OCH3 is 2. The molecule has 0 amide bonds. The molecule has 0 fully saturated rings. The molecule has 0 spiro atoms. The van der Waals surface area contributed by atoms with Crippen LogP contribution in [0.15, 0.2) is 12.1 Å². The molecule has 1 aromatic rings. The van der Waals surface area contributed by atoms with E-state index in [0.717, 1.165) is 24.2 Å². The molecule has 2 atom stereocenters. The Labute approximate surface area is 96.0 Å². The van der Waals surface area contributed by atoms with Gasteiger partial charge in [0.2, 0.25) is 0 Å². The van der Waals surface area contributed by atoms with E-state index in [2.05, 4.69) is 6.92 Å². The van der Waals surface area contributed by atoms with Crippen LogP contribution < -0.4 is 9.47 Å². The molecule has 0 bridgehead atoms. The highest BCUT2D eigenvalue weighted by molar-refractivity contribution is 5.50. The molecule has 2 rings (SSSR count). The third kappa shape index (κ3) is 1.76. The summed E-state index contributed by atoms with van der Waals surface area (Å²) in [6.45, 7) is 2.18. The Balaban J connectivity index is 2.53. The first-order valence-electron chi connectivity index (χ1n) is 5.61. The van der Waals surface area contributed by atoms with Gasteiger partial charge in [-0.3, -0.25) is 0 Å². The van der Waals surface area contributed by atoms with E-state index in [1.54, 1.807) is 14.2 Å². The lowest BCUT2D eigenvalue weighted by Gasteiger charge is -2.27. The second-order valence-electron chi connectivity index (χ2n) is 4.33. The second kappa shape index (κ2) is 4.34. The van der Waals surface area contributed by atoms with Crippen molar-refractivity contribution in [1.82, 2.24) is 0 Å². The molecule has 1 aromatic carbocycles. The summed E-state index contributed by atoms with van der Waals surface area (Å²) in [6, 6.07) is 3.88. The third-order valence-electron chi connectivity index (χ3n) is 3.35. The van der Waals surface area contributed by atoms with E-state index in [-0.39, 0.29) is 6.10 Å². The molecule has 16 heavy (non-hydrogen) atoms. The van der Waals surface area contributed by atoms with Crippen molar-refractivity contribution in [2.24, 2.45) is 0 Å². The van der Waals surface area contributed by atoms with Crippen LogP contribution in [0.2, 0.25) is 0 Å². The molecule has 3 heteroatoms. The summed E-state index contributed by atoms with van der Waals surface area (Å²) in [7, 11) is 3.25. The van der Waals surface area contributed by atoms with Crippen LogP contribution in [-0.4, -0.2) is 19.3 Å². The van der Waals surface area contributed by atoms with Crippen molar-refractivity contribution < 1.29 is 14.6 Å². The Morgan fingerprint density at radius 1 is 1.06 bits per heavy atom. The monoisotopic (exact) mass is 222 g/mol. The van der Waals surface area contributed by atoms with Gasteiger partial charge in [0, 0.05) is 0 Å². The molecule has 0 aromatic heterocycles. The van der Waals surface area contributed by atoms with Crippen LogP contribution in [0.25, 0.3) is 0 Å². The number of hydrogen-bond donors (Lipinski definition) is 1.